The lowest BCUT2D eigenvalue weighted by Gasteiger charge is -2.47. The molecule has 0 N–H and O–H groups in total. The van der Waals surface area contributed by atoms with Gasteiger partial charge in [0.15, 0.2) is 23.0 Å². The van der Waals surface area contributed by atoms with Crippen molar-refractivity contribution in [1.29, 1.82) is 0 Å². The van der Waals surface area contributed by atoms with Gasteiger partial charge in [-0.2, -0.15) is 0 Å². The molecule has 27 heavy (non-hydrogen) atoms. The van der Waals surface area contributed by atoms with Crippen LogP contribution < -0.4 is 18.9 Å². The van der Waals surface area contributed by atoms with Gasteiger partial charge in [0.05, 0.1) is 11.6 Å². The second-order valence-electron chi connectivity index (χ2n) is 7.20. The first kappa shape index (κ1) is 17.0. The van der Waals surface area contributed by atoms with Crippen molar-refractivity contribution in [3.8, 4) is 23.0 Å². The standard InChI is InChI=1S/C20H18INO5/c1-20(8-21)12-4-6-14-17(27-10-25-14)16(12)19(23)22(2)18(20)11-3-5-13-15(7-11)26-9-24-13/h3-7,18H,8-10H2,1-2H3/t18-,20-/m1/s1. The molecular formula is C20H18INO5. The molecule has 0 aliphatic carbocycles. The van der Waals surface area contributed by atoms with E-state index in [1.807, 2.05) is 37.4 Å². The molecule has 2 atom stereocenters. The first-order valence-electron chi connectivity index (χ1n) is 8.70. The summed E-state index contributed by atoms with van der Waals surface area (Å²) >= 11 is 2.40. The summed E-state index contributed by atoms with van der Waals surface area (Å²) in [5.74, 6) is 2.60. The molecule has 5 rings (SSSR count). The monoisotopic (exact) mass is 479 g/mol. The normalized spacial score (nSPS) is 24.9. The van der Waals surface area contributed by atoms with Crippen LogP contribution in [0.2, 0.25) is 0 Å². The Hall–Kier alpha value is -2.16. The van der Waals surface area contributed by atoms with Crippen molar-refractivity contribution < 1.29 is 23.7 Å². The van der Waals surface area contributed by atoms with E-state index in [0.29, 0.717) is 17.1 Å². The summed E-state index contributed by atoms with van der Waals surface area (Å²) in [6.07, 6.45) is 0. The lowest BCUT2D eigenvalue weighted by atomic mass is 9.69. The van der Waals surface area contributed by atoms with Crippen molar-refractivity contribution in [2.24, 2.45) is 0 Å². The van der Waals surface area contributed by atoms with Crippen molar-refractivity contribution in [3.05, 3.63) is 47.0 Å². The van der Waals surface area contributed by atoms with Crippen molar-refractivity contribution in [2.75, 3.05) is 25.1 Å². The molecule has 0 unspecified atom stereocenters. The maximum atomic E-state index is 13.3. The summed E-state index contributed by atoms with van der Waals surface area (Å²) in [4.78, 5) is 15.1. The Morgan fingerprint density at radius 1 is 1.07 bits per heavy atom. The van der Waals surface area contributed by atoms with Crippen LogP contribution in [0.1, 0.15) is 34.5 Å². The molecule has 3 aliphatic heterocycles. The van der Waals surface area contributed by atoms with E-state index in [2.05, 4.69) is 29.5 Å². The molecule has 7 heteroatoms. The van der Waals surface area contributed by atoms with E-state index in [-0.39, 0.29) is 30.9 Å². The van der Waals surface area contributed by atoms with Gasteiger partial charge in [0.25, 0.3) is 5.91 Å². The van der Waals surface area contributed by atoms with Crippen LogP contribution in [0.5, 0.6) is 23.0 Å². The van der Waals surface area contributed by atoms with E-state index in [1.54, 1.807) is 4.90 Å². The predicted molar refractivity (Wildman–Crippen MR) is 106 cm³/mol. The number of fused-ring (bicyclic) bond motifs is 4. The zero-order chi connectivity index (χ0) is 18.8. The maximum Gasteiger partial charge on any atom is 0.258 e. The lowest BCUT2D eigenvalue weighted by molar-refractivity contribution is 0.0608. The fraction of sp³-hybridized carbons (Fsp3) is 0.350. The van der Waals surface area contributed by atoms with Crippen LogP contribution in [0, 0.1) is 0 Å². The van der Waals surface area contributed by atoms with E-state index in [9.17, 15) is 4.79 Å². The molecule has 0 saturated heterocycles. The summed E-state index contributed by atoms with van der Waals surface area (Å²) in [5, 5.41) is 0. The van der Waals surface area contributed by atoms with Crippen molar-refractivity contribution >= 4 is 28.5 Å². The third kappa shape index (κ3) is 2.27. The van der Waals surface area contributed by atoms with Gasteiger partial charge in [0.2, 0.25) is 13.6 Å². The number of nitrogens with zero attached hydrogens (tertiary/aromatic N) is 1. The van der Waals surface area contributed by atoms with Crippen molar-refractivity contribution in [3.63, 3.8) is 0 Å². The highest BCUT2D eigenvalue weighted by Gasteiger charge is 2.49. The second-order valence-corrected chi connectivity index (χ2v) is 7.97. The summed E-state index contributed by atoms with van der Waals surface area (Å²) in [6, 6.07) is 9.69. The van der Waals surface area contributed by atoms with Gasteiger partial charge in [-0.05, 0) is 29.3 Å². The van der Waals surface area contributed by atoms with Crippen LogP contribution in [0.3, 0.4) is 0 Å². The van der Waals surface area contributed by atoms with Gasteiger partial charge >= 0.3 is 0 Å². The Labute approximate surface area is 170 Å². The summed E-state index contributed by atoms with van der Waals surface area (Å²) < 4.78 is 23.0. The number of benzene rings is 2. The molecule has 1 amide bonds. The number of carbonyl (C=O) groups is 1. The molecule has 2 aromatic rings. The van der Waals surface area contributed by atoms with Crippen molar-refractivity contribution in [1.82, 2.24) is 4.90 Å². The smallest absolute Gasteiger partial charge is 0.258 e. The molecule has 0 spiro atoms. The van der Waals surface area contributed by atoms with E-state index < -0.39 is 0 Å². The lowest BCUT2D eigenvalue weighted by Crippen LogP contribution is -2.49. The van der Waals surface area contributed by atoms with Gasteiger partial charge in [0.1, 0.15) is 0 Å². The highest BCUT2D eigenvalue weighted by atomic mass is 127. The number of rotatable bonds is 2. The minimum absolute atomic E-state index is 0.0580. The number of hydrogen-bond acceptors (Lipinski definition) is 5. The van der Waals surface area contributed by atoms with Crippen LogP contribution in [-0.4, -0.2) is 35.9 Å². The molecule has 0 saturated carbocycles. The van der Waals surface area contributed by atoms with E-state index in [1.165, 1.54) is 0 Å². The second kappa shape index (κ2) is 5.92. The van der Waals surface area contributed by atoms with Gasteiger partial charge in [-0.1, -0.05) is 41.6 Å². The summed E-state index contributed by atoms with van der Waals surface area (Å²) in [5.41, 5.74) is 2.33. The van der Waals surface area contributed by atoms with E-state index >= 15 is 0 Å². The molecule has 6 nitrogen and oxygen atoms in total. The molecule has 0 fully saturated rings. The Morgan fingerprint density at radius 3 is 2.59 bits per heavy atom. The third-order valence-corrected chi connectivity index (χ3v) is 7.25. The number of amides is 1. The zero-order valence-electron chi connectivity index (χ0n) is 15.0. The highest BCUT2D eigenvalue weighted by molar-refractivity contribution is 14.1. The topological polar surface area (TPSA) is 57.2 Å². The predicted octanol–water partition coefficient (Wildman–Crippen LogP) is 3.66. The first-order valence-corrected chi connectivity index (χ1v) is 10.2. The van der Waals surface area contributed by atoms with Gasteiger partial charge in [0, 0.05) is 16.9 Å². The number of hydrogen-bond donors (Lipinski definition) is 0. The molecule has 140 valence electrons. The maximum absolute atomic E-state index is 13.3. The first-order chi connectivity index (χ1) is 13.0. The van der Waals surface area contributed by atoms with Crippen LogP contribution >= 0.6 is 22.6 Å². The van der Waals surface area contributed by atoms with Gasteiger partial charge in [-0.25, -0.2) is 0 Å². The Bertz CT molecular complexity index is 962. The minimum atomic E-state index is -0.298. The fourth-order valence-corrected chi connectivity index (χ4v) is 5.18. The van der Waals surface area contributed by atoms with Crippen LogP contribution in [0.4, 0.5) is 0 Å². The molecular weight excluding hydrogens is 461 g/mol. The Morgan fingerprint density at radius 2 is 1.78 bits per heavy atom. The van der Waals surface area contributed by atoms with Gasteiger partial charge in [-0.3, -0.25) is 4.79 Å². The molecule has 2 aromatic carbocycles. The fourth-order valence-electron chi connectivity index (χ4n) is 4.35. The van der Waals surface area contributed by atoms with E-state index in [0.717, 1.165) is 27.1 Å². The molecule has 3 heterocycles. The Balaban J connectivity index is 1.70. The molecule has 3 aliphatic rings. The van der Waals surface area contributed by atoms with Gasteiger partial charge in [-0.15, -0.1) is 0 Å². The quantitative estimate of drug-likeness (QED) is 0.486. The number of ether oxygens (including phenoxy) is 4. The molecule has 0 bridgehead atoms. The average molecular weight is 479 g/mol. The summed E-state index contributed by atoms with van der Waals surface area (Å²) in [6.45, 7) is 2.57. The SMILES string of the molecule is CN1C(=O)c2c(ccc3c2OCO3)[C@@](C)(CI)[C@H]1c1ccc2c(c1)OCO2. The third-order valence-electron chi connectivity index (χ3n) is 5.67. The van der Waals surface area contributed by atoms with Crippen LogP contribution in [-0.2, 0) is 5.41 Å². The van der Waals surface area contributed by atoms with Crippen LogP contribution in [0.25, 0.3) is 0 Å². The van der Waals surface area contributed by atoms with Crippen molar-refractivity contribution in [2.45, 2.75) is 18.4 Å². The van der Waals surface area contributed by atoms with Crippen LogP contribution in [0.15, 0.2) is 30.3 Å². The summed E-state index contributed by atoms with van der Waals surface area (Å²) in [7, 11) is 1.85. The highest BCUT2D eigenvalue weighted by Crippen LogP contribution is 2.53. The Kier molecular flexibility index (Phi) is 3.72. The number of carbonyl (C=O) groups excluding carboxylic acids is 1. The van der Waals surface area contributed by atoms with E-state index in [4.69, 9.17) is 18.9 Å². The minimum Gasteiger partial charge on any atom is -0.454 e. The largest absolute Gasteiger partial charge is 0.454 e. The number of alkyl halides is 1. The molecule has 0 radical (unpaired) electrons. The molecule has 0 aromatic heterocycles. The average Bonchev–Trinajstić information content (AvgIpc) is 3.34. The number of likely N-dealkylation sites (N-methyl/N-ethyl adjacent to an activating group) is 1. The zero-order valence-corrected chi connectivity index (χ0v) is 17.1. The number of halogens is 1. The van der Waals surface area contributed by atoms with Gasteiger partial charge < -0.3 is 23.8 Å².